The van der Waals surface area contributed by atoms with Gasteiger partial charge in [-0.1, -0.05) is 6.07 Å². The van der Waals surface area contributed by atoms with Crippen molar-refractivity contribution in [2.24, 2.45) is 0 Å². The molecule has 0 saturated heterocycles. The molecule has 1 aromatic heterocycles. The number of carbonyl (C=O) groups excluding carboxylic acids is 1. The molecule has 0 saturated carbocycles. The molecule has 1 N–H and O–H groups in total. The largest absolute Gasteiger partial charge is 0.504 e. The minimum Gasteiger partial charge on any atom is -0.504 e. The molecule has 0 spiro atoms. The molecule has 2 atom stereocenters. The van der Waals surface area contributed by atoms with Gasteiger partial charge >= 0.3 is 11.6 Å². The van der Waals surface area contributed by atoms with Crippen LogP contribution in [0.15, 0.2) is 45.6 Å². The van der Waals surface area contributed by atoms with Crippen LogP contribution in [0.1, 0.15) is 18.6 Å². The SMILES string of the molecule is COc1cc(C2Oc3c(OC)cc4ccc(=O)oc4c3O[C@@H]2COC(C)=O)ccc1O. The number of phenolic OH excluding ortho intramolecular Hbond substituents is 1. The first kappa shape index (κ1) is 20.4. The van der Waals surface area contributed by atoms with Crippen LogP contribution in [0.2, 0.25) is 0 Å². The van der Waals surface area contributed by atoms with E-state index in [1.807, 2.05) is 0 Å². The van der Waals surface area contributed by atoms with Crippen molar-refractivity contribution in [3.8, 4) is 28.7 Å². The Kier molecular flexibility index (Phi) is 5.33. The fourth-order valence-electron chi connectivity index (χ4n) is 3.40. The van der Waals surface area contributed by atoms with Crippen molar-refractivity contribution < 1.29 is 38.0 Å². The van der Waals surface area contributed by atoms with Gasteiger partial charge in [-0.2, -0.15) is 0 Å². The monoisotopic (exact) mass is 428 g/mol. The zero-order valence-electron chi connectivity index (χ0n) is 17.0. The summed E-state index contributed by atoms with van der Waals surface area (Å²) in [6, 6.07) is 9.26. The van der Waals surface area contributed by atoms with E-state index in [9.17, 15) is 14.7 Å². The number of esters is 1. The Morgan fingerprint density at radius 2 is 1.81 bits per heavy atom. The van der Waals surface area contributed by atoms with E-state index in [-0.39, 0.29) is 35.2 Å². The third kappa shape index (κ3) is 3.81. The first-order valence-electron chi connectivity index (χ1n) is 9.39. The van der Waals surface area contributed by atoms with E-state index in [0.29, 0.717) is 16.7 Å². The summed E-state index contributed by atoms with van der Waals surface area (Å²) in [4.78, 5) is 23.2. The number of phenols is 1. The van der Waals surface area contributed by atoms with Crippen LogP contribution in [0.25, 0.3) is 11.0 Å². The molecule has 1 aliphatic rings. The van der Waals surface area contributed by atoms with Crippen LogP contribution in [0.3, 0.4) is 0 Å². The number of rotatable bonds is 5. The number of hydrogen-bond donors (Lipinski definition) is 1. The van der Waals surface area contributed by atoms with E-state index in [2.05, 4.69) is 0 Å². The number of carbonyl (C=O) groups is 1. The van der Waals surface area contributed by atoms with E-state index < -0.39 is 23.8 Å². The Labute approximate surface area is 176 Å². The van der Waals surface area contributed by atoms with Gasteiger partial charge in [0.1, 0.15) is 6.61 Å². The maximum atomic E-state index is 11.8. The third-order valence-corrected chi connectivity index (χ3v) is 4.84. The molecular formula is C22H20O9. The lowest BCUT2D eigenvalue weighted by atomic mass is 10.0. The van der Waals surface area contributed by atoms with Gasteiger partial charge in [0.2, 0.25) is 11.5 Å². The third-order valence-electron chi connectivity index (χ3n) is 4.84. The molecule has 0 radical (unpaired) electrons. The van der Waals surface area contributed by atoms with Crippen molar-refractivity contribution in [2.45, 2.75) is 19.1 Å². The lowest BCUT2D eigenvalue weighted by molar-refractivity contribution is -0.145. The van der Waals surface area contributed by atoms with Crippen LogP contribution in [0, 0.1) is 0 Å². The van der Waals surface area contributed by atoms with Crippen molar-refractivity contribution >= 4 is 16.9 Å². The smallest absolute Gasteiger partial charge is 0.336 e. The average molecular weight is 428 g/mol. The zero-order chi connectivity index (χ0) is 22.1. The highest BCUT2D eigenvalue weighted by molar-refractivity contribution is 5.88. The summed E-state index contributed by atoms with van der Waals surface area (Å²) in [7, 11) is 2.91. The molecule has 9 nitrogen and oxygen atoms in total. The van der Waals surface area contributed by atoms with Crippen molar-refractivity contribution in [3.05, 3.63) is 52.4 Å². The van der Waals surface area contributed by atoms with Crippen LogP contribution in [-0.4, -0.2) is 38.0 Å². The van der Waals surface area contributed by atoms with Crippen LogP contribution in [-0.2, 0) is 9.53 Å². The molecule has 2 aromatic carbocycles. The first-order valence-corrected chi connectivity index (χ1v) is 9.39. The molecule has 9 heteroatoms. The summed E-state index contributed by atoms with van der Waals surface area (Å²) < 4.78 is 33.5. The second-order valence-corrected chi connectivity index (χ2v) is 6.84. The molecule has 31 heavy (non-hydrogen) atoms. The Hall–Kier alpha value is -3.88. The number of benzene rings is 2. The van der Waals surface area contributed by atoms with Crippen LogP contribution in [0.4, 0.5) is 0 Å². The predicted octanol–water partition coefficient (Wildman–Crippen LogP) is 2.96. The topological polar surface area (TPSA) is 114 Å². The minimum atomic E-state index is -0.786. The Bertz CT molecular complexity index is 1200. The van der Waals surface area contributed by atoms with Crippen molar-refractivity contribution in [1.29, 1.82) is 0 Å². The predicted molar refractivity (Wildman–Crippen MR) is 108 cm³/mol. The lowest BCUT2D eigenvalue weighted by Crippen LogP contribution is -2.37. The Morgan fingerprint density at radius 1 is 1.03 bits per heavy atom. The number of ether oxygens (including phenoxy) is 5. The molecule has 162 valence electrons. The summed E-state index contributed by atoms with van der Waals surface area (Å²) in [6.07, 6.45) is -1.53. The lowest BCUT2D eigenvalue weighted by Gasteiger charge is -2.34. The van der Waals surface area contributed by atoms with Crippen molar-refractivity contribution in [3.63, 3.8) is 0 Å². The van der Waals surface area contributed by atoms with Gasteiger partial charge in [0.25, 0.3) is 0 Å². The number of hydrogen-bond acceptors (Lipinski definition) is 9. The summed E-state index contributed by atoms with van der Waals surface area (Å²) >= 11 is 0. The normalized spacial score (nSPS) is 17.3. The highest BCUT2D eigenvalue weighted by atomic mass is 16.6. The highest BCUT2D eigenvalue weighted by Crippen LogP contribution is 2.50. The van der Waals surface area contributed by atoms with Gasteiger partial charge in [-0.3, -0.25) is 4.79 Å². The molecule has 0 bridgehead atoms. The van der Waals surface area contributed by atoms with Crippen molar-refractivity contribution in [1.82, 2.24) is 0 Å². The van der Waals surface area contributed by atoms with Gasteiger partial charge < -0.3 is 33.2 Å². The summed E-state index contributed by atoms with van der Waals surface area (Å²) in [6.45, 7) is 1.16. The fraction of sp³-hybridized carbons (Fsp3) is 0.273. The molecule has 2 heterocycles. The van der Waals surface area contributed by atoms with Gasteiger partial charge in [0.15, 0.2) is 35.0 Å². The number of aromatic hydroxyl groups is 1. The highest BCUT2D eigenvalue weighted by Gasteiger charge is 2.38. The molecule has 3 aromatic rings. The maximum absolute atomic E-state index is 11.8. The van der Waals surface area contributed by atoms with E-state index in [0.717, 1.165) is 0 Å². The van der Waals surface area contributed by atoms with E-state index in [1.165, 1.54) is 33.3 Å². The Balaban J connectivity index is 1.86. The van der Waals surface area contributed by atoms with Gasteiger partial charge in [-0.05, 0) is 24.3 Å². The molecule has 1 unspecified atom stereocenters. The maximum Gasteiger partial charge on any atom is 0.336 e. The molecule has 1 aliphatic heterocycles. The van der Waals surface area contributed by atoms with E-state index in [4.69, 9.17) is 28.1 Å². The van der Waals surface area contributed by atoms with Crippen LogP contribution >= 0.6 is 0 Å². The Morgan fingerprint density at radius 3 is 2.52 bits per heavy atom. The van der Waals surface area contributed by atoms with Gasteiger partial charge in [0.05, 0.1) is 14.2 Å². The molecule has 0 aliphatic carbocycles. The summed E-state index contributed by atoms with van der Waals surface area (Å²) in [5.41, 5.74) is 0.248. The van der Waals surface area contributed by atoms with Gasteiger partial charge in [-0.15, -0.1) is 0 Å². The van der Waals surface area contributed by atoms with Crippen LogP contribution in [0.5, 0.6) is 28.7 Å². The van der Waals surface area contributed by atoms with Gasteiger partial charge in [-0.25, -0.2) is 4.79 Å². The number of methoxy groups -OCH3 is 2. The fourth-order valence-corrected chi connectivity index (χ4v) is 3.40. The molecular weight excluding hydrogens is 408 g/mol. The summed E-state index contributed by atoms with van der Waals surface area (Å²) in [5.74, 6) is 0.503. The van der Waals surface area contributed by atoms with Crippen LogP contribution < -0.4 is 24.6 Å². The van der Waals surface area contributed by atoms with E-state index in [1.54, 1.807) is 24.3 Å². The summed E-state index contributed by atoms with van der Waals surface area (Å²) in [5, 5.41) is 10.5. The first-order chi connectivity index (χ1) is 14.9. The average Bonchev–Trinajstić information content (AvgIpc) is 2.77. The molecule has 0 fully saturated rings. The zero-order valence-corrected chi connectivity index (χ0v) is 17.0. The minimum absolute atomic E-state index is 0.0368. The number of fused-ring (bicyclic) bond motifs is 3. The quantitative estimate of drug-likeness (QED) is 0.484. The molecule has 0 amide bonds. The van der Waals surface area contributed by atoms with E-state index >= 15 is 0 Å². The second kappa shape index (κ2) is 8.10. The van der Waals surface area contributed by atoms with Crippen molar-refractivity contribution in [2.75, 3.05) is 20.8 Å². The molecule has 4 rings (SSSR count). The standard InChI is InChI=1S/C22H20O9/c1-11(23)28-10-17-19(12-4-6-14(24)15(8-12)26-2)31-21-16(27-3)9-13-5-7-18(25)30-20(13)22(21)29-17/h4-9,17,19,24H,10H2,1-3H3/t17-,19?/m1/s1. The second-order valence-electron chi connectivity index (χ2n) is 6.84. The van der Waals surface area contributed by atoms with Gasteiger partial charge in [0, 0.05) is 23.9 Å².